The van der Waals surface area contributed by atoms with Gasteiger partial charge in [0, 0.05) is 19.1 Å². The molecule has 2 amide bonds. The Morgan fingerprint density at radius 2 is 1.95 bits per heavy atom. The molecule has 0 spiro atoms. The van der Waals surface area contributed by atoms with Crippen molar-refractivity contribution in [1.29, 1.82) is 0 Å². The highest BCUT2D eigenvalue weighted by Gasteiger charge is 2.25. The molecule has 122 valence electrons. The highest BCUT2D eigenvalue weighted by Crippen LogP contribution is 2.17. The van der Waals surface area contributed by atoms with Gasteiger partial charge in [-0.05, 0) is 45.1 Å². The summed E-state index contributed by atoms with van der Waals surface area (Å²) in [6.07, 6.45) is 1.51. The van der Waals surface area contributed by atoms with Crippen LogP contribution < -0.4 is 10.6 Å². The molecule has 1 heterocycles. The van der Waals surface area contributed by atoms with Crippen molar-refractivity contribution in [3.8, 4) is 0 Å². The van der Waals surface area contributed by atoms with Gasteiger partial charge in [-0.1, -0.05) is 13.8 Å². The van der Waals surface area contributed by atoms with Crippen LogP contribution in [0.25, 0.3) is 0 Å². The lowest BCUT2D eigenvalue weighted by atomic mass is 10.0. The number of urea groups is 1. The van der Waals surface area contributed by atoms with Crippen molar-refractivity contribution in [2.45, 2.75) is 52.6 Å². The third-order valence-electron chi connectivity index (χ3n) is 3.91. The second kappa shape index (κ2) is 8.22. The molecule has 2 atom stereocenters. The molecule has 0 aromatic heterocycles. The summed E-state index contributed by atoms with van der Waals surface area (Å²) in [4.78, 5) is 25.3. The second-order valence-corrected chi connectivity index (χ2v) is 6.62. The lowest BCUT2D eigenvalue weighted by molar-refractivity contribution is -0.139. The van der Waals surface area contributed by atoms with E-state index in [0.717, 1.165) is 19.5 Å². The molecule has 0 aromatic carbocycles. The third kappa shape index (κ3) is 6.33. The number of nitrogens with zero attached hydrogens (tertiary/aromatic N) is 1. The summed E-state index contributed by atoms with van der Waals surface area (Å²) in [6.45, 7) is 10.9. The van der Waals surface area contributed by atoms with Crippen LogP contribution in [-0.4, -0.2) is 53.7 Å². The zero-order valence-corrected chi connectivity index (χ0v) is 13.6. The highest BCUT2D eigenvalue weighted by atomic mass is 16.4. The van der Waals surface area contributed by atoms with Crippen LogP contribution in [0, 0.1) is 11.8 Å². The van der Waals surface area contributed by atoms with Gasteiger partial charge in [0.25, 0.3) is 0 Å². The summed E-state index contributed by atoms with van der Waals surface area (Å²) in [5.74, 6) is -0.307. The number of amides is 2. The number of carbonyl (C=O) groups excluding carboxylic acids is 1. The van der Waals surface area contributed by atoms with Gasteiger partial charge in [-0.15, -0.1) is 0 Å². The Bertz CT molecular complexity index is 358. The summed E-state index contributed by atoms with van der Waals surface area (Å²) in [7, 11) is 0. The molecule has 6 heteroatoms. The molecular weight excluding hydrogens is 270 g/mol. The van der Waals surface area contributed by atoms with Gasteiger partial charge in [0.05, 0.1) is 0 Å². The van der Waals surface area contributed by atoms with Gasteiger partial charge >= 0.3 is 12.0 Å². The Labute approximate surface area is 127 Å². The van der Waals surface area contributed by atoms with Gasteiger partial charge in [-0.25, -0.2) is 9.59 Å². The Morgan fingerprint density at radius 1 is 1.29 bits per heavy atom. The average Bonchev–Trinajstić information content (AvgIpc) is 2.83. The summed E-state index contributed by atoms with van der Waals surface area (Å²) in [5, 5.41) is 14.4. The molecule has 1 aliphatic rings. The molecule has 1 fully saturated rings. The topological polar surface area (TPSA) is 81.7 Å². The van der Waals surface area contributed by atoms with Crippen LogP contribution in [0.1, 0.15) is 40.5 Å². The molecule has 0 aliphatic carbocycles. The summed E-state index contributed by atoms with van der Waals surface area (Å²) >= 11 is 0. The molecule has 0 aromatic rings. The first kappa shape index (κ1) is 17.8. The minimum absolute atomic E-state index is 0.223. The van der Waals surface area contributed by atoms with E-state index in [1.807, 2.05) is 13.8 Å². The molecule has 0 bridgehead atoms. The predicted octanol–water partition coefficient (Wildman–Crippen LogP) is 1.52. The Hall–Kier alpha value is -1.30. The van der Waals surface area contributed by atoms with E-state index in [1.165, 1.54) is 0 Å². The number of rotatable bonds is 7. The molecule has 21 heavy (non-hydrogen) atoms. The number of likely N-dealkylation sites (tertiary alicyclic amines) is 1. The number of hydrogen-bond acceptors (Lipinski definition) is 3. The van der Waals surface area contributed by atoms with Crippen molar-refractivity contribution in [2.75, 3.05) is 19.6 Å². The smallest absolute Gasteiger partial charge is 0.326 e. The monoisotopic (exact) mass is 299 g/mol. The average molecular weight is 299 g/mol. The van der Waals surface area contributed by atoms with E-state index in [2.05, 4.69) is 29.4 Å². The van der Waals surface area contributed by atoms with E-state index < -0.39 is 12.0 Å². The second-order valence-electron chi connectivity index (χ2n) is 6.62. The standard InChI is InChI=1S/C15H29N3O3/c1-10(2)7-13(14(19)20)17-15(21)16-8-12-5-6-18(9-12)11(3)4/h10-13H,5-9H2,1-4H3,(H,19,20)(H2,16,17,21)/t12?,13-/m1/s1. The van der Waals surface area contributed by atoms with Crippen LogP contribution in [0.15, 0.2) is 0 Å². The number of carboxylic acid groups (broad SMARTS) is 1. The zero-order chi connectivity index (χ0) is 16.0. The first-order chi connectivity index (χ1) is 9.79. The molecule has 3 N–H and O–H groups in total. The molecule has 1 rings (SSSR count). The van der Waals surface area contributed by atoms with E-state index in [1.54, 1.807) is 0 Å². The maximum absolute atomic E-state index is 11.8. The van der Waals surface area contributed by atoms with Crippen LogP contribution in [0.4, 0.5) is 4.79 Å². The number of carboxylic acids is 1. The first-order valence-corrected chi connectivity index (χ1v) is 7.80. The normalized spacial score (nSPS) is 20.8. The summed E-state index contributed by atoms with van der Waals surface area (Å²) in [6, 6.07) is -0.668. The van der Waals surface area contributed by atoms with E-state index >= 15 is 0 Å². The van der Waals surface area contributed by atoms with E-state index in [9.17, 15) is 9.59 Å². The van der Waals surface area contributed by atoms with Crippen LogP contribution in [0.3, 0.4) is 0 Å². The molecule has 1 aliphatic heterocycles. The lowest BCUT2D eigenvalue weighted by Gasteiger charge is -2.21. The number of carbonyl (C=O) groups is 2. The van der Waals surface area contributed by atoms with Crippen LogP contribution in [-0.2, 0) is 4.79 Å². The van der Waals surface area contributed by atoms with Crippen molar-refractivity contribution in [3.63, 3.8) is 0 Å². The van der Waals surface area contributed by atoms with Gasteiger partial charge < -0.3 is 20.6 Å². The minimum atomic E-state index is -0.981. The molecule has 0 radical (unpaired) electrons. The van der Waals surface area contributed by atoms with Gasteiger partial charge in [-0.3, -0.25) is 0 Å². The Morgan fingerprint density at radius 3 is 2.43 bits per heavy atom. The summed E-state index contributed by atoms with van der Waals surface area (Å²) < 4.78 is 0. The SMILES string of the molecule is CC(C)C[C@@H](NC(=O)NCC1CCN(C(C)C)C1)C(=O)O. The van der Waals surface area contributed by atoms with Crippen LogP contribution in [0.5, 0.6) is 0 Å². The first-order valence-electron chi connectivity index (χ1n) is 7.80. The minimum Gasteiger partial charge on any atom is -0.480 e. The van der Waals surface area contributed by atoms with Crippen molar-refractivity contribution >= 4 is 12.0 Å². The molecule has 6 nitrogen and oxygen atoms in total. The van der Waals surface area contributed by atoms with Crippen molar-refractivity contribution in [2.24, 2.45) is 11.8 Å². The van der Waals surface area contributed by atoms with Crippen molar-refractivity contribution in [3.05, 3.63) is 0 Å². The lowest BCUT2D eigenvalue weighted by Crippen LogP contribution is -2.47. The third-order valence-corrected chi connectivity index (χ3v) is 3.91. The van der Waals surface area contributed by atoms with Gasteiger partial charge in [0.15, 0.2) is 0 Å². The predicted molar refractivity (Wildman–Crippen MR) is 82.2 cm³/mol. The fourth-order valence-electron chi connectivity index (χ4n) is 2.64. The van der Waals surface area contributed by atoms with Crippen molar-refractivity contribution in [1.82, 2.24) is 15.5 Å². The number of aliphatic carboxylic acids is 1. The molecular formula is C15H29N3O3. The molecule has 0 saturated carbocycles. The molecule has 1 saturated heterocycles. The number of hydrogen-bond donors (Lipinski definition) is 3. The van der Waals surface area contributed by atoms with Crippen molar-refractivity contribution < 1.29 is 14.7 Å². The zero-order valence-electron chi connectivity index (χ0n) is 13.6. The van der Waals surface area contributed by atoms with E-state index in [0.29, 0.717) is 24.9 Å². The fourth-order valence-corrected chi connectivity index (χ4v) is 2.64. The van der Waals surface area contributed by atoms with Crippen LogP contribution >= 0.6 is 0 Å². The van der Waals surface area contributed by atoms with Gasteiger partial charge in [0.2, 0.25) is 0 Å². The van der Waals surface area contributed by atoms with Gasteiger partial charge in [0.1, 0.15) is 6.04 Å². The van der Waals surface area contributed by atoms with Crippen LogP contribution in [0.2, 0.25) is 0 Å². The maximum Gasteiger partial charge on any atom is 0.326 e. The highest BCUT2D eigenvalue weighted by molar-refractivity contribution is 5.82. The Kier molecular flexibility index (Phi) is 6.95. The van der Waals surface area contributed by atoms with E-state index in [4.69, 9.17) is 5.11 Å². The van der Waals surface area contributed by atoms with E-state index in [-0.39, 0.29) is 11.9 Å². The Balaban J connectivity index is 2.32. The largest absolute Gasteiger partial charge is 0.480 e. The molecule has 1 unspecified atom stereocenters. The quantitative estimate of drug-likeness (QED) is 0.665. The summed E-state index contributed by atoms with van der Waals surface area (Å²) in [5.41, 5.74) is 0. The number of nitrogens with one attached hydrogen (secondary N) is 2. The maximum atomic E-state index is 11.8. The fraction of sp³-hybridized carbons (Fsp3) is 0.867. The van der Waals surface area contributed by atoms with Gasteiger partial charge in [-0.2, -0.15) is 0 Å².